The molecule has 1 aliphatic rings. The normalized spacial score (nSPS) is 15.5. The third-order valence-electron chi connectivity index (χ3n) is 4.53. The number of nitrogens with zero attached hydrogens (tertiary/aromatic N) is 2. The van der Waals surface area contributed by atoms with Gasteiger partial charge in [-0.3, -0.25) is 19.3 Å². The van der Waals surface area contributed by atoms with Crippen LogP contribution in [-0.4, -0.2) is 64.7 Å². The molecule has 0 spiro atoms. The number of rotatable bonds is 7. The van der Waals surface area contributed by atoms with Crippen LogP contribution in [0.2, 0.25) is 0 Å². The van der Waals surface area contributed by atoms with Gasteiger partial charge in [0.25, 0.3) is 0 Å². The minimum absolute atomic E-state index is 0.0201. The molecular weight excluding hydrogens is 350 g/mol. The van der Waals surface area contributed by atoms with Crippen LogP contribution in [0.3, 0.4) is 0 Å². The first-order valence-corrected chi connectivity index (χ1v) is 8.73. The first-order valence-electron chi connectivity index (χ1n) is 8.73. The molecule has 1 fully saturated rings. The molecular formula is C19H21N3O5. The van der Waals surface area contributed by atoms with Crippen molar-refractivity contribution in [3.8, 4) is 0 Å². The van der Waals surface area contributed by atoms with Crippen LogP contribution >= 0.6 is 0 Å². The Morgan fingerprint density at radius 3 is 2.70 bits per heavy atom. The lowest BCUT2D eigenvalue weighted by Gasteiger charge is -2.15. The summed E-state index contributed by atoms with van der Waals surface area (Å²) in [4.78, 5) is 53.5. The average molecular weight is 371 g/mol. The highest BCUT2D eigenvalue weighted by atomic mass is 16.5. The Morgan fingerprint density at radius 1 is 1.26 bits per heavy atom. The molecule has 8 heteroatoms. The number of H-pyrrole nitrogens is 1. The van der Waals surface area contributed by atoms with E-state index in [-0.39, 0.29) is 43.7 Å². The molecule has 1 N–H and O–H groups in total. The molecule has 8 nitrogen and oxygen atoms in total. The summed E-state index contributed by atoms with van der Waals surface area (Å²) in [5.41, 5.74) is 1.31. The predicted octanol–water partition coefficient (Wildman–Crippen LogP) is 1.96. The number of para-hydroxylation sites is 1. The Bertz CT molecular complexity index is 904. The van der Waals surface area contributed by atoms with Crippen LogP contribution in [0.15, 0.2) is 30.5 Å². The third-order valence-corrected chi connectivity index (χ3v) is 4.53. The molecule has 0 saturated carbocycles. The van der Waals surface area contributed by atoms with Gasteiger partial charge in [0.05, 0.1) is 0 Å². The van der Waals surface area contributed by atoms with Crippen LogP contribution in [0, 0.1) is 0 Å². The molecule has 2 aromatic rings. The number of aromatic nitrogens is 1. The maximum atomic E-state index is 12.6. The van der Waals surface area contributed by atoms with Gasteiger partial charge >= 0.3 is 12.0 Å². The largest absolute Gasteiger partial charge is 0.454 e. The topological polar surface area (TPSA) is 99.8 Å². The number of ketones is 1. The summed E-state index contributed by atoms with van der Waals surface area (Å²) in [6, 6.07) is 7.03. The van der Waals surface area contributed by atoms with Gasteiger partial charge in [0, 0.05) is 42.7 Å². The lowest BCUT2D eigenvalue weighted by atomic mass is 10.1. The second kappa shape index (κ2) is 7.61. The second-order valence-corrected chi connectivity index (χ2v) is 6.53. The summed E-state index contributed by atoms with van der Waals surface area (Å²) in [5, 5.41) is 0.778. The van der Waals surface area contributed by atoms with Crippen molar-refractivity contribution in [2.24, 2.45) is 0 Å². The number of hydrogen-bond donors (Lipinski definition) is 1. The Hall–Kier alpha value is -3.16. The fourth-order valence-electron chi connectivity index (χ4n) is 3.07. The molecule has 2 heterocycles. The van der Waals surface area contributed by atoms with Gasteiger partial charge in [-0.2, -0.15) is 0 Å². The van der Waals surface area contributed by atoms with E-state index in [0.717, 1.165) is 15.8 Å². The summed E-state index contributed by atoms with van der Waals surface area (Å²) < 4.78 is 5.22. The molecule has 1 aromatic carbocycles. The van der Waals surface area contributed by atoms with Crippen molar-refractivity contribution in [3.05, 3.63) is 36.0 Å². The molecule has 0 bridgehead atoms. The Labute approximate surface area is 156 Å². The Balaban J connectivity index is 1.51. The van der Waals surface area contributed by atoms with E-state index in [1.165, 1.54) is 11.8 Å². The van der Waals surface area contributed by atoms with Crippen LogP contribution in [0.4, 0.5) is 4.79 Å². The summed E-state index contributed by atoms with van der Waals surface area (Å²) in [6.45, 7) is 1.74. The zero-order valence-electron chi connectivity index (χ0n) is 15.2. The van der Waals surface area contributed by atoms with Crippen LogP contribution in [0.5, 0.6) is 0 Å². The monoisotopic (exact) mass is 371 g/mol. The van der Waals surface area contributed by atoms with E-state index in [2.05, 4.69) is 4.98 Å². The fourth-order valence-corrected chi connectivity index (χ4v) is 3.07. The van der Waals surface area contributed by atoms with Gasteiger partial charge in [0.1, 0.15) is 6.54 Å². The van der Waals surface area contributed by atoms with Crippen molar-refractivity contribution in [2.75, 3.05) is 20.1 Å². The molecule has 0 aliphatic carbocycles. The molecule has 142 valence electrons. The van der Waals surface area contributed by atoms with E-state index in [9.17, 15) is 19.2 Å². The zero-order chi connectivity index (χ0) is 19.6. The third kappa shape index (κ3) is 3.84. The minimum atomic E-state index is -0.919. The summed E-state index contributed by atoms with van der Waals surface area (Å²) >= 11 is 0. The number of imide groups is 1. The number of hydrogen-bond acceptors (Lipinski definition) is 5. The zero-order valence-corrected chi connectivity index (χ0v) is 15.2. The molecule has 3 amide bonds. The van der Waals surface area contributed by atoms with Gasteiger partial charge in [0.15, 0.2) is 6.10 Å². The highest BCUT2D eigenvalue weighted by Crippen LogP contribution is 2.20. The van der Waals surface area contributed by atoms with E-state index in [1.807, 2.05) is 24.3 Å². The number of esters is 1. The summed E-state index contributed by atoms with van der Waals surface area (Å²) in [7, 11) is 1.55. The average Bonchev–Trinajstić information content (AvgIpc) is 3.17. The maximum absolute atomic E-state index is 12.6. The molecule has 1 aromatic heterocycles. The quantitative estimate of drug-likeness (QED) is 0.456. The molecule has 1 atom stereocenters. The number of nitrogens with one attached hydrogen (secondary N) is 1. The smallest absolute Gasteiger partial charge is 0.326 e. The summed E-state index contributed by atoms with van der Waals surface area (Å²) in [5.74, 6) is -1.10. The first-order chi connectivity index (χ1) is 12.9. The number of urea groups is 1. The van der Waals surface area contributed by atoms with E-state index < -0.39 is 12.1 Å². The number of aromatic amines is 1. The van der Waals surface area contributed by atoms with Crippen molar-refractivity contribution in [2.45, 2.75) is 25.9 Å². The number of Topliss-reactive ketones (excluding diaryl/α,β-unsaturated/α-hetero) is 1. The van der Waals surface area contributed by atoms with E-state index in [4.69, 9.17) is 4.74 Å². The van der Waals surface area contributed by atoms with E-state index >= 15 is 0 Å². The minimum Gasteiger partial charge on any atom is -0.454 e. The van der Waals surface area contributed by atoms with Crippen LogP contribution in [-0.2, 0) is 14.3 Å². The molecule has 0 unspecified atom stereocenters. The maximum Gasteiger partial charge on any atom is 0.326 e. The molecule has 1 aliphatic heterocycles. The SMILES string of the molecule is C[C@@H](OC(=O)CCCN1C(=O)CN(C)C1=O)C(=O)c1c[nH]c2ccccc12. The number of fused-ring (bicyclic) bond motifs is 1. The number of ether oxygens (including phenoxy) is 1. The highest BCUT2D eigenvalue weighted by molar-refractivity contribution is 6.10. The Morgan fingerprint density at radius 2 is 2.00 bits per heavy atom. The van der Waals surface area contributed by atoms with Crippen molar-refractivity contribution in [1.82, 2.24) is 14.8 Å². The lowest BCUT2D eigenvalue weighted by molar-refractivity contribution is -0.146. The highest BCUT2D eigenvalue weighted by Gasteiger charge is 2.33. The van der Waals surface area contributed by atoms with Gasteiger partial charge in [-0.1, -0.05) is 18.2 Å². The van der Waals surface area contributed by atoms with Crippen molar-refractivity contribution < 1.29 is 23.9 Å². The lowest BCUT2D eigenvalue weighted by Crippen LogP contribution is -2.33. The van der Waals surface area contributed by atoms with Gasteiger partial charge < -0.3 is 14.6 Å². The number of likely N-dealkylation sites (N-methyl/N-ethyl adjacent to an activating group) is 1. The number of carbonyl (C=O) groups is 4. The van der Waals surface area contributed by atoms with Gasteiger partial charge in [-0.15, -0.1) is 0 Å². The summed E-state index contributed by atoms with van der Waals surface area (Å²) in [6.07, 6.45) is 1.00. The van der Waals surface area contributed by atoms with Gasteiger partial charge in [-0.25, -0.2) is 4.79 Å². The van der Waals surface area contributed by atoms with Crippen LogP contribution < -0.4 is 0 Å². The number of benzene rings is 1. The van der Waals surface area contributed by atoms with Crippen molar-refractivity contribution in [3.63, 3.8) is 0 Å². The molecule has 0 radical (unpaired) electrons. The van der Waals surface area contributed by atoms with Gasteiger partial charge in [-0.05, 0) is 19.4 Å². The Kier molecular flexibility index (Phi) is 5.25. The van der Waals surface area contributed by atoms with Crippen LogP contribution in [0.25, 0.3) is 10.9 Å². The van der Waals surface area contributed by atoms with E-state index in [0.29, 0.717) is 5.56 Å². The standard InChI is InChI=1S/C19H21N3O5/c1-12(18(25)14-10-20-15-7-4-3-6-13(14)15)27-17(24)8-5-9-22-16(23)11-21(2)19(22)26/h3-4,6-7,10,12,20H,5,8-9,11H2,1-2H3/t12-/m1/s1. The van der Waals surface area contributed by atoms with Crippen molar-refractivity contribution in [1.29, 1.82) is 0 Å². The predicted molar refractivity (Wildman–Crippen MR) is 97.2 cm³/mol. The van der Waals surface area contributed by atoms with Crippen LogP contribution in [0.1, 0.15) is 30.1 Å². The fraction of sp³-hybridized carbons (Fsp3) is 0.368. The number of amides is 3. The van der Waals surface area contributed by atoms with Gasteiger partial charge in [0.2, 0.25) is 11.7 Å². The molecule has 1 saturated heterocycles. The second-order valence-electron chi connectivity index (χ2n) is 6.53. The van der Waals surface area contributed by atoms with Crippen molar-refractivity contribution >= 4 is 34.6 Å². The first kappa shape index (κ1) is 18.6. The molecule has 27 heavy (non-hydrogen) atoms. The van der Waals surface area contributed by atoms with E-state index in [1.54, 1.807) is 13.2 Å². The molecule has 3 rings (SSSR count). The number of carbonyl (C=O) groups excluding carboxylic acids is 4.